The van der Waals surface area contributed by atoms with Crippen LogP contribution in [0, 0.1) is 17.6 Å². The molecule has 0 unspecified atom stereocenters. The van der Waals surface area contributed by atoms with E-state index in [1.54, 1.807) is 6.07 Å². The van der Waals surface area contributed by atoms with Gasteiger partial charge in [-0.05, 0) is 25.5 Å². The summed E-state index contributed by atoms with van der Waals surface area (Å²) < 4.78 is 27.3. The van der Waals surface area contributed by atoms with Gasteiger partial charge in [-0.25, -0.2) is 8.78 Å². The van der Waals surface area contributed by atoms with E-state index < -0.39 is 11.6 Å². The molecule has 0 aliphatic carbocycles. The lowest BCUT2D eigenvalue weighted by Crippen LogP contribution is -2.51. The molecular weight excluding hydrogens is 312 g/mol. The molecule has 1 aromatic rings. The Morgan fingerprint density at radius 1 is 1.29 bits per heavy atom. The van der Waals surface area contributed by atoms with Crippen LogP contribution >= 0.6 is 0 Å². The highest BCUT2D eigenvalue weighted by Crippen LogP contribution is 2.28. The Kier molecular flexibility index (Phi) is 5.46. The molecule has 132 valence electrons. The molecule has 0 saturated carbocycles. The summed E-state index contributed by atoms with van der Waals surface area (Å²) in [6.07, 6.45) is 1.67. The molecule has 0 bridgehead atoms. The van der Waals surface area contributed by atoms with Crippen LogP contribution in [0.5, 0.6) is 0 Å². The van der Waals surface area contributed by atoms with Crippen molar-refractivity contribution < 1.29 is 13.6 Å². The van der Waals surface area contributed by atoms with Crippen molar-refractivity contribution in [2.75, 3.05) is 39.3 Å². The molecule has 2 aliphatic rings. The summed E-state index contributed by atoms with van der Waals surface area (Å²) in [5, 5.41) is 3.23. The van der Waals surface area contributed by atoms with Gasteiger partial charge < -0.3 is 10.2 Å². The molecule has 2 atom stereocenters. The van der Waals surface area contributed by atoms with Crippen molar-refractivity contribution in [3.8, 4) is 0 Å². The molecule has 0 spiro atoms. The molecule has 24 heavy (non-hydrogen) atoms. The predicted molar refractivity (Wildman–Crippen MR) is 88.5 cm³/mol. The number of hydrogen-bond donors (Lipinski definition) is 1. The summed E-state index contributed by atoms with van der Waals surface area (Å²) >= 11 is 0. The number of halogens is 2. The second-order valence-electron chi connectivity index (χ2n) is 6.64. The van der Waals surface area contributed by atoms with Crippen LogP contribution in [0.1, 0.15) is 31.4 Å². The van der Waals surface area contributed by atoms with Crippen molar-refractivity contribution in [1.29, 1.82) is 0 Å². The van der Waals surface area contributed by atoms with Crippen molar-refractivity contribution in [3.05, 3.63) is 35.4 Å². The van der Waals surface area contributed by atoms with Gasteiger partial charge in [0, 0.05) is 50.4 Å². The average Bonchev–Trinajstić information content (AvgIpc) is 3.12. The lowest BCUT2D eigenvalue weighted by atomic mass is 10.0. The average molecular weight is 337 g/mol. The van der Waals surface area contributed by atoms with E-state index in [0.717, 1.165) is 45.1 Å². The molecule has 0 aromatic heterocycles. The Labute approximate surface area is 141 Å². The van der Waals surface area contributed by atoms with Crippen molar-refractivity contribution in [3.63, 3.8) is 0 Å². The number of nitrogens with one attached hydrogen (secondary N) is 1. The number of carbonyl (C=O) groups is 1. The Balaban J connectivity index is 1.63. The van der Waals surface area contributed by atoms with Gasteiger partial charge in [0.05, 0.1) is 5.92 Å². The first kappa shape index (κ1) is 17.3. The first-order chi connectivity index (χ1) is 11.6. The van der Waals surface area contributed by atoms with Crippen LogP contribution in [-0.2, 0) is 4.79 Å². The molecule has 2 saturated heterocycles. The Bertz CT molecular complexity index is 582. The first-order valence-electron chi connectivity index (χ1n) is 8.78. The van der Waals surface area contributed by atoms with Crippen LogP contribution in [-0.4, -0.2) is 55.0 Å². The zero-order valence-electron chi connectivity index (χ0n) is 14.1. The largest absolute Gasteiger partial charge is 0.340 e. The van der Waals surface area contributed by atoms with E-state index >= 15 is 0 Å². The third kappa shape index (κ3) is 3.59. The van der Waals surface area contributed by atoms with Crippen molar-refractivity contribution >= 4 is 5.91 Å². The number of hydrogen-bond acceptors (Lipinski definition) is 3. The summed E-state index contributed by atoms with van der Waals surface area (Å²) in [4.78, 5) is 16.6. The zero-order chi connectivity index (χ0) is 17.1. The fourth-order valence-electron chi connectivity index (χ4n) is 3.82. The van der Waals surface area contributed by atoms with Gasteiger partial charge in [-0.3, -0.25) is 9.69 Å². The van der Waals surface area contributed by atoms with Crippen LogP contribution in [0.4, 0.5) is 8.78 Å². The van der Waals surface area contributed by atoms with Gasteiger partial charge in [-0.2, -0.15) is 0 Å². The molecule has 2 heterocycles. The normalized spacial score (nSPS) is 23.5. The minimum Gasteiger partial charge on any atom is -0.340 e. The monoisotopic (exact) mass is 337 g/mol. The standard InChI is InChI=1S/C18H25F2N3O/c1-2-17(15-4-3-14(19)11-16(15)20)22-7-9-23(10-8-22)18(24)13-5-6-21-12-13/h3-4,11,13,17,21H,2,5-10,12H2,1H3/t13-,17+/m0/s1. The summed E-state index contributed by atoms with van der Waals surface area (Å²) in [5.41, 5.74) is 0.540. The molecule has 2 aliphatic heterocycles. The quantitative estimate of drug-likeness (QED) is 0.915. The summed E-state index contributed by atoms with van der Waals surface area (Å²) in [6, 6.07) is 3.73. The molecule has 2 fully saturated rings. The van der Waals surface area contributed by atoms with Crippen LogP contribution in [0.2, 0.25) is 0 Å². The molecule has 3 rings (SSSR count). The van der Waals surface area contributed by atoms with Crippen molar-refractivity contribution in [1.82, 2.24) is 15.1 Å². The fourth-order valence-corrected chi connectivity index (χ4v) is 3.82. The van der Waals surface area contributed by atoms with Gasteiger partial charge in [-0.1, -0.05) is 13.0 Å². The third-order valence-corrected chi connectivity index (χ3v) is 5.18. The second-order valence-corrected chi connectivity index (χ2v) is 6.64. The SMILES string of the molecule is CC[C@H](c1ccc(F)cc1F)N1CCN(C(=O)[C@H]2CCNC2)CC1. The molecule has 6 heteroatoms. The molecule has 1 N–H and O–H groups in total. The van der Waals surface area contributed by atoms with E-state index in [1.807, 2.05) is 11.8 Å². The smallest absolute Gasteiger partial charge is 0.227 e. The highest BCUT2D eigenvalue weighted by molar-refractivity contribution is 5.79. The molecule has 1 aromatic carbocycles. The topological polar surface area (TPSA) is 35.6 Å². The number of benzene rings is 1. The minimum atomic E-state index is -0.549. The van der Waals surface area contributed by atoms with Gasteiger partial charge >= 0.3 is 0 Å². The maximum absolute atomic E-state index is 14.1. The maximum Gasteiger partial charge on any atom is 0.227 e. The van der Waals surface area contributed by atoms with Crippen LogP contribution < -0.4 is 5.32 Å². The number of carbonyl (C=O) groups excluding carboxylic acids is 1. The maximum atomic E-state index is 14.1. The van der Waals surface area contributed by atoms with E-state index in [-0.39, 0.29) is 17.9 Å². The predicted octanol–water partition coefficient (Wildman–Crippen LogP) is 2.17. The molecular formula is C18H25F2N3O. The summed E-state index contributed by atoms with van der Waals surface area (Å²) in [6.45, 7) is 6.50. The van der Waals surface area contributed by atoms with Crippen molar-refractivity contribution in [2.24, 2.45) is 5.92 Å². The highest BCUT2D eigenvalue weighted by Gasteiger charge is 2.31. The van der Waals surface area contributed by atoms with Gasteiger partial charge in [0.15, 0.2) is 0 Å². The van der Waals surface area contributed by atoms with Gasteiger partial charge in [0.1, 0.15) is 11.6 Å². The molecule has 4 nitrogen and oxygen atoms in total. The highest BCUT2D eigenvalue weighted by atomic mass is 19.1. The third-order valence-electron chi connectivity index (χ3n) is 5.18. The van der Waals surface area contributed by atoms with E-state index in [4.69, 9.17) is 0 Å². The van der Waals surface area contributed by atoms with Crippen molar-refractivity contribution in [2.45, 2.75) is 25.8 Å². The lowest BCUT2D eigenvalue weighted by molar-refractivity contribution is -0.137. The second kappa shape index (κ2) is 7.57. The van der Waals surface area contributed by atoms with Crippen LogP contribution in [0.3, 0.4) is 0 Å². The van der Waals surface area contributed by atoms with Gasteiger partial charge in [0.25, 0.3) is 0 Å². The van der Waals surface area contributed by atoms with Crippen LogP contribution in [0.15, 0.2) is 18.2 Å². The van der Waals surface area contributed by atoms with E-state index in [2.05, 4.69) is 10.2 Å². The Morgan fingerprint density at radius 2 is 2.04 bits per heavy atom. The number of nitrogens with zero attached hydrogens (tertiary/aromatic N) is 2. The Hall–Kier alpha value is -1.53. The minimum absolute atomic E-state index is 0.0731. The number of piperazine rings is 1. The zero-order valence-corrected chi connectivity index (χ0v) is 14.1. The summed E-state index contributed by atoms with van der Waals surface area (Å²) in [7, 11) is 0. The van der Waals surface area contributed by atoms with E-state index in [0.29, 0.717) is 18.7 Å². The van der Waals surface area contributed by atoms with Gasteiger partial charge in [-0.15, -0.1) is 0 Å². The molecule has 1 amide bonds. The van der Waals surface area contributed by atoms with E-state index in [9.17, 15) is 13.6 Å². The van der Waals surface area contributed by atoms with Gasteiger partial charge in [0.2, 0.25) is 5.91 Å². The number of amides is 1. The van der Waals surface area contributed by atoms with E-state index in [1.165, 1.54) is 6.07 Å². The fraction of sp³-hybridized carbons (Fsp3) is 0.611. The van der Waals surface area contributed by atoms with Crippen LogP contribution in [0.25, 0.3) is 0 Å². The lowest BCUT2D eigenvalue weighted by Gasteiger charge is -2.40. The first-order valence-corrected chi connectivity index (χ1v) is 8.78. The molecule has 0 radical (unpaired) electrons. The summed E-state index contributed by atoms with van der Waals surface area (Å²) in [5.74, 6) is -0.696. The Morgan fingerprint density at radius 3 is 2.62 bits per heavy atom. The number of rotatable bonds is 4.